The van der Waals surface area contributed by atoms with Gasteiger partial charge in [0.1, 0.15) is 0 Å². The van der Waals surface area contributed by atoms with Crippen molar-refractivity contribution in [3.63, 3.8) is 0 Å². The molecule has 0 heterocycles. The van der Waals surface area contributed by atoms with Crippen LogP contribution < -0.4 is 5.32 Å². The van der Waals surface area contributed by atoms with E-state index in [-0.39, 0.29) is 0 Å². The van der Waals surface area contributed by atoms with Crippen LogP contribution in [-0.2, 0) is 4.74 Å². The van der Waals surface area contributed by atoms with Gasteiger partial charge in [0, 0.05) is 10.2 Å². The maximum Gasteiger partial charge on any atom is 0.0661 e. The van der Waals surface area contributed by atoms with E-state index in [0.29, 0.717) is 6.04 Å². The number of rotatable bonds is 7. The monoisotopic (exact) mass is 333 g/mol. The summed E-state index contributed by atoms with van der Waals surface area (Å²) in [4.78, 5) is 0. The molecule has 0 aliphatic carbocycles. The molecule has 0 aromatic heterocycles. The molecule has 0 radical (unpaired) electrons. The van der Waals surface area contributed by atoms with E-state index in [1.54, 1.807) is 0 Å². The second-order valence-corrected chi connectivity index (χ2v) is 4.96. The van der Waals surface area contributed by atoms with Crippen LogP contribution in [0, 0.1) is 3.57 Å². The van der Waals surface area contributed by atoms with E-state index in [1.165, 1.54) is 9.13 Å². The highest BCUT2D eigenvalue weighted by Crippen LogP contribution is 2.15. The number of hydrogen-bond acceptors (Lipinski definition) is 2. The Morgan fingerprint density at radius 1 is 1.25 bits per heavy atom. The van der Waals surface area contributed by atoms with Crippen LogP contribution in [-0.4, -0.2) is 19.8 Å². The van der Waals surface area contributed by atoms with Crippen LogP contribution >= 0.6 is 22.6 Å². The maximum atomic E-state index is 5.51. The van der Waals surface area contributed by atoms with Gasteiger partial charge in [-0.3, -0.25) is 0 Å². The minimum atomic E-state index is 0.317. The summed E-state index contributed by atoms with van der Waals surface area (Å²) < 4.78 is 6.78. The summed E-state index contributed by atoms with van der Waals surface area (Å²) in [5.41, 5.74) is 1.31. The Morgan fingerprint density at radius 3 is 2.50 bits per heavy atom. The Hall–Kier alpha value is -0.130. The molecule has 0 bridgehead atoms. The highest BCUT2D eigenvalue weighted by molar-refractivity contribution is 14.1. The predicted molar refractivity (Wildman–Crippen MR) is 76.7 cm³/mol. The normalized spacial score (nSPS) is 12.7. The van der Waals surface area contributed by atoms with Gasteiger partial charge in [-0.15, -0.1) is 0 Å². The minimum absolute atomic E-state index is 0.317. The zero-order chi connectivity index (χ0) is 11.8. The van der Waals surface area contributed by atoms with Crippen molar-refractivity contribution in [3.8, 4) is 0 Å². The van der Waals surface area contributed by atoms with Crippen molar-refractivity contribution < 1.29 is 4.74 Å². The van der Waals surface area contributed by atoms with Crippen LogP contribution in [0.5, 0.6) is 0 Å². The van der Waals surface area contributed by atoms with E-state index in [9.17, 15) is 0 Å². The third-order valence-corrected chi connectivity index (χ3v) is 3.12. The summed E-state index contributed by atoms with van der Waals surface area (Å²) in [6.07, 6.45) is 1.15. The van der Waals surface area contributed by atoms with E-state index < -0.39 is 0 Å². The number of benzene rings is 1. The quantitative estimate of drug-likeness (QED) is 0.773. The van der Waals surface area contributed by atoms with E-state index in [2.05, 4.69) is 59.1 Å². The molecule has 1 aromatic carbocycles. The van der Waals surface area contributed by atoms with E-state index in [4.69, 9.17) is 4.74 Å². The summed E-state index contributed by atoms with van der Waals surface area (Å²) in [6, 6.07) is 8.95. The van der Waals surface area contributed by atoms with Crippen molar-refractivity contribution in [1.29, 1.82) is 0 Å². The molecule has 1 rings (SSSR count). The number of ether oxygens (including phenoxy) is 1. The third kappa shape index (κ3) is 4.80. The molecular formula is C13H20INO. The molecule has 90 valence electrons. The summed E-state index contributed by atoms with van der Waals surface area (Å²) in [5, 5.41) is 3.51. The van der Waals surface area contributed by atoms with Crippen LogP contribution in [0.4, 0.5) is 0 Å². The topological polar surface area (TPSA) is 21.3 Å². The van der Waals surface area contributed by atoms with Gasteiger partial charge in [-0.2, -0.15) is 0 Å². The molecule has 0 fully saturated rings. The number of halogens is 1. The number of hydrogen-bond donors (Lipinski definition) is 1. The Balaban J connectivity index is 2.62. The molecule has 1 N–H and O–H groups in total. The second-order valence-electron chi connectivity index (χ2n) is 3.72. The lowest BCUT2D eigenvalue weighted by Crippen LogP contribution is -2.26. The Bertz CT molecular complexity index is 278. The molecule has 0 aliphatic heterocycles. The van der Waals surface area contributed by atoms with Crippen molar-refractivity contribution in [3.05, 3.63) is 33.4 Å². The molecule has 1 atom stereocenters. The van der Waals surface area contributed by atoms with Gasteiger partial charge < -0.3 is 10.1 Å². The predicted octanol–water partition coefficient (Wildman–Crippen LogP) is 3.37. The van der Waals surface area contributed by atoms with Crippen LogP contribution in [0.3, 0.4) is 0 Å². The Kier molecular flexibility index (Phi) is 7.00. The number of nitrogens with one attached hydrogen (secondary N) is 1. The summed E-state index contributed by atoms with van der Waals surface area (Å²) in [6.45, 7) is 6.76. The molecule has 16 heavy (non-hydrogen) atoms. The van der Waals surface area contributed by atoms with E-state index in [0.717, 1.165) is 26.2 Å². The van der Waals surface area contributed by atoms with Crippen molar-refractivity contribution in [2.24, 2.45) is 0 Å². The van der Waals surface area contributed by atoms with E-state index in [1.807, 2.05) is 6.92 Å². The van der Waals surface area contributed by atoms with E-state index >= 15 is 0 Å². The van der Waals surface area contributed by atoms with Gasteiger partial charge in [0.25, 0.3) is 0 Å². The first-order valence-electron chi connectivity index (χ1n) is 5.84. The average Bonchev–Trinajstić information content (AvgIpc) is 2.31. The van der Waals surface area contributed by atoms with Gasteiger partial charge in [0.05, 0.1) is 12.6 Å². The first kappa shape index (κ1) is 13.9. The largest absolute Gasteiger partial charge is 0.380 e. The lowest BCUT2D eigenvalue weighted by atomic mass is 10.1. The molecule has 0 saturated heterocycles. The second kappa shape index (κ2) is 8.03. The molecular weight excluding hydrogens is 313 g/mol. The SMILES string of the molecule is CCCNC(COCC)c1ccc(I)cc1. The lowest BCUT2D eigenvalue weighted by molar-refractivity contribution is 0.123. The fraction of sp³-hybridized carbons (Fsp3) is 0.538. The van der Waals surface area contributed by atoms with Crippen molar-refractivity contribution in [2.75, 3.05) is 19.8 Å². The molecule has 2 nitrogen and oxygen atoms in total. The molecule has 3 heteroatoms. The average molecular weight is 333 g/mol. The van der Waals surface area contributed by atoms with Gasteiger partial charge in [-0.25, -0.2) is 0 Å². The summed E-state index contributed by atoms with van der Waals surface area (Å²) in [5.74, 6) is 0. The van der Waals surface area contributed by atoms with Crippen molar-refractivity contribution in [1.82, 2.24) is 5.32 Å². The zero-order valence-electron chi connectivity index (χ0n) is 10.0. The third-order valence-electron chi connectivity index (χ3n) is 2.40. The van der Waals surface area contributed by atoms with Crippen LogP contribution in [0.25, 0.3) is 0 Å². The molecule has 1 unspecified atom stereocenters. The highest BCUT2D eigenvalue weighted by Gasteiger charge is 2.09. The molecule has 0 aliphatic rings. The Labute approximate surface area is 112 Å². The van der Waals surface area contributed by atoms with Crippen LogP contribution in [0.2, 0.25) is 0 Å². The van der Waals surface area contributed by atoms with Crippen molar-refractivity contribution in [2.45, 2.75) is 26.3 Å². The van der Waals surface area contributed by atoms with Gasteiger partial charge in [-0.1, -0.05) is 19.1 Å². The zero-order valence-corrected chi connectivity index (χ0v) is 12.2. The first-order valence-corrected chi connectivity index (χ1v) is 6.92. The first-order chi connectivity index (χ1) is 7.77. The Morgan fingerprint density at radius 2 is 1.94 bits per heavy atom. The fourth-order valence-corrected chi connectivity index (χ4v) is 1.88. The smallest absolute Gasteiger partial charge is 0.0661 e. The highest BCUT2D eigenvalue weighted by atomic mass is 127. The molecule has 0 amide bonds. The molecule has 1 aromatic rings. The molecule has 0 spiro atoms. The van der Waals surface area contributed by atoms with Gasteiger partial charge in [0.15, 0.2) is 0 Å². The summed E-state index contributed by atoms with van der Waals surface area (Å²) in [7, 11) is 0. The fourth-order valence-electron chi connectivity index (χ4n) is 1.52. The van der Waals surface area contributed by atoms with Crippen LogP contribution in [0.1, 0.15) is 31.9 Å². The van der Waals surface area contributed by atoms with Gasteiger partial charge in [-0.05, 0) is 60.2 Å². The van der Waals surface area contributed by atoms with Gasteiger partial charge >= 0.3 is 0 Å². The summed E-state index contributed by atoms with van der Waals surface area (Å²) >= 11 is 2.33. The lowest BCUT2D eigenvalue weighted by Gasteiger charge is -2.18. The van der Waals surface area contributed by atoms with Gasteiger partial charge in [0.2, 0.25) is 0 Å². The van der Waals surface area contributed by atoms with Crippen LogP contribution in [0.15, 0.2) is 24.3 Å². The van der Waals surface area contributed by atoms with Crippen molar-refractivity contribution >= 4 is 22.6 Å². The maximum absolute atomic E-state index is 5.51. The molecule has 0 saturated carbocycles. The standard InChI is InChI=1S/C13H20INO/c1-3-9-15-13(10-16-4-2)11-5-7-12(14)8-6-11/h5-8,13,15H,3-4,9-10H2,1-2H3. The minimum Gasteiger partial charge on any atom is -0.380 e.